The third-order valence-electron chi connectivity index (χ3n) is 16.1. The summed E-state index contributed by atoms with van der Waals surface area (Å²) < 4.78 is 0. The van der Waals surface area contributed by atoms with Gasteiger partial charge in [0.05, 0.1) is 45.6 Å². The molecule has 0 aromatic carbocycles. The first-order chi connectivity index (χ1) is 38.1. The second kappa shape index (κ2) is 21.6. The predicted octanol–water partition coefficient (Wildman–Crippen LogP) is 14.2. The van der Waals surface area contributed by atoms with Crippen molar-refractivity contribution in [1.82, 2.24) is 39.9 Å². The van der Waals surface area contributed by atoms with Crippen LogP contribution in [0.1, 0.15) is 171 Å². The summed E-state index contributed by atoms with van der Waals surface area (Å²) >= 11 is 0. The lowest BCUT2D eigenvalue weighted by Crippen LogP contribution is -1.97. The van der Waals surface area contributed by atoms with Crippen LogP contribution in [0.25, 0.3) is 94.8 Å². The highest BCUT2D eigenvalue weighted by Gasteiger charge is 2.26. The number of nitrogens with one attached hydrogen (secondary N) is 4. The van der Waals surface area contributed by atoms with Crippen molar-refractivity contribution in [2.75, 3.05) is 0 Å². The molecule has 10 heterocycles. The average Bonchev–Trinajstić information content (AvgIpc) is 4.36. The molecule has 16 nitrogen and oxygen atoms in total. The number of carbonyl (C=O) groups is 4. The number of aryl methyl sites for hydroxylation is 4. The number of rotatable bonds is 15. The minimum atomic E-state index is -0.932. The third kappa shape index (κ3) is 10.7. The molecule has 0 radical (unpaired) electrons. The minimum Gasteiger partial charge on any atom is -0.481 e. The summed E-state index contributed by atoms with van der Waals surface area (Å²) in [7, 11) is 0. The molecule has 0 fully saturated rings. The van der Waals surface area contributed by atoms with E-state index in [1.54, 1.807) is 0 Å². The van der Waals surface area contributed by atoms with Gasteiger partial charge < -0.3 is 40.4 Å². The normalized spacial score (nSPS) is 14.1. The molecule has 8 N–H and O–H groups in total. The molecular formula is C64H64N8O8. The van der Waals surface area contributed by atoms with E-state index in [4.69, 9.17) is 19.9 Å². The molecule has 408 valence electrons. The fraction of sp³-hybridized carbons (Fsp3) is 0.281. The van der Waals surface area contributed by atoms with Crippen LogP contribution in [0.5, 0.6) is 0 Å². The van der Waals surface area contributed by atoms with Gasteiger partial charge in [-0.05, 0) is 214 Å². The number of aromatic nitrogens is 8. The van der Waals surface area contributed by atoms with Gasteiger partial charge in [-0.15, -0.1) is 0 Å². The Morgan fingerprint density at radius 1 is 0.412 bits per heavy atom. The van der Waals surface area contributed by atoms with Gasteiger partial charge >= 0.3 is 23.9 Å². The van der Waals surface area contributed by atoms with Crippen LogP contribution >= 0.6 is 0 Å². The summed E-state index contributed by atoms with van der Waals surface area (Å²) in [5, 5.41) is 39.2. The van der Waals surface area contributed by atoms with Gasteiger partial charge in [-0.1, -0.05) is 19.1 Å². The van der Waals surface area contributed by atoms with Crippen LogP contribution in [-0.2, 0) is 19.2 Å². The largest absolute Gasteiger partial charge is 0.481 e. The van der Waals surface area contributed by atoms with E-state index in [2.05, 4.69) is 77.1 Å². The Bertz CT molecular complexity index is 4210. The first kappa shape index (κ1) is 54.2. The topological polar surface area (TPSA) is 264 Å². The molecule has 0 saturated heterocycles. The summed E-state index contributed by atoms with van der Waals surface area (Å²) in [4.78, 5) is 82.9. The minimum absolute atomic E-state index is 0.0813. The van der Waals surface area contributed by atoms with E-state index in [-0.39, 0.29) is 57.3 Å². The monoisotopic (exact) mass is 1070 g/mol. The van der Waals surface area contributed by atoms with Crippen molar-refractivity contribution in [3.63, 3.8) is 0 Å². The summed E-state index contributed by atoms with van der Waals surface area (Å²) in [5.41, 5.74) is 24.5. The third-order valence-corrected chi connectivity index (χ3v) is 16.1. The predicted molar refractivity (Wildman–Crippen MR) is 316 cm³/mol. The number of nitrogens with zero attached hydrogens (tertiary/aromatic N) is 4. The van der Waals surface area contributed by atoms with Crippen LogP contribution < -0.4 is 0 Å². The van der Waals surface area contributed by atoms with Gasteiger partial charge in [-0.25, -0.2) is 19.9 Å². The molecule has 1 unspecified atom stereocenters. The molecule has 16 bridgehead atoms. The van der Waals surface area contributed by atoms with Crippen molar-refractivity contribution < 1.29 is 39.6 Å². The molecule has 16 heteroatoms. The van der Waals surface area contributed by atoms with Gasteiger partial charge in [0.1, 0.15) is 0 Å². The Morgan fingerprint density at radius 3 is 1.12 bits per heavy atom. The first-order valence-corrected chi connectivity index (χ1v) is 26.9. The van der Waals surface area contributed by atoms with Crippen molar-refractivity contribution in [3.8, 4) is 0 Å². The lowest BCUT2D eigenvalue weighted by atomic mass is 9.95. The molecular weight excluding hydrogens is 1010 g/mol. The van der Waals surface area contributed by atoms with Gasteiger partial charge in [0.15, 0.2) is 0 Å². The maximum absolute atomic E-state index is 12.1. The van der Waals surface area contributed by atoms with E-state index in [0.717, 1.165) is 122 Å². The van der Waals surface area contributed by atoms with E-state index in [1.165, 1.54) is 0 Å². The van der Waals surface area contributed by atoms with Crippen molar-refractivity contribution in [2.24, 2.45) is 0 Å². The van der Waals surface area contributed by atoms with Gasteiger partial charge in [-0.2, -0.15) is 0 Å². The Hall–Kier alpha value is -9.18. The number of H-pyrrole nitrogens is 4. The smallest absolute Gasteiger partial charge is 0.303 e. The molecule has 0 saturated carbocycles. The Kier molecular flexibility index (Phi) is 14.6. The first-order valence-electron chi connectivity index (χ1n) is 26.9. The summed E-state index contributed by atoms with van der Waals surface area (Å²) in [6.45, 7) is 18.2. The van der Waals surface area contributed by atoms with Crippen LogP contribution in [0.3, 0.4) is 0 Å². The van der Waals surface area contributed by atoms with Gasteiger partial charge in [0, 0.05) is 81.3 Å². The molecule has 0 amide bonds. The van der Waals surface area contributed by atoms with Crippen molar-refractivity contribution in [3.05, 3.63) is 146 Å². The van der Waals surface area contributed by atoms with E-state index in [9.17, 15) is 39.6 Å². The standard InChI is InChI=1S/C64H64N8O8/c1-30(64-38(9)49-23-40-21-32(3)47(66-40)25-51-35(6)43(13-17-61(75)76)56(69-51)29-58-45(15-19-63(79)80)37(8)53(71-58)27-59(64)72-49)10-11-41-33(4)48-22-39-20-31(2)46(65-39)24-50-34(5)42(12-16-60(73)74)55(68-50)28-57-44(14-18-62(77)78)36(7)52(70-57)26-54(41)67-48/h10-11,20-30,65-67,72H,12-19H2,1-9H3,(H,73,74)(H,75,76)(H,77,78)(H,79,80)/b11-10+,39-22?,40-23?,46-24?,47-25?,48-22?,49-23?,50-24?,51-25?,52-26?,53-27?,54-26?,55-28?,56-29?,57-28?,58-29?,59-27?. The number of carboxylic acids is 4. The molecule has 10 rings (SSSR count). The molecule has 0 spiro atoms. The zero-order valence-electron chi connectivity index (χ0n) is 46.4. The quantitative estimate of drug-likeness (QED) is 0.0477. The zero-order valence-corrected chi connectivity index (χ0v) is 46.4. The fourth-order valence-corrected chi connectivity index (χ4v) is 11.5. The number of allylic oxidation sites excluding steroid dienone is 9. The molecule has 6 aromatic heterocycles. The number of fused-ring (bicyclic) bond motifs is 16. The maximum atomic E-state index is 12.1. The highest BCUT2D eigenvalue weighted by atomic mass is 16.4. The van der Waals surface area contributed by atoms with E-state index < -0.39 is 23.9 Å². The molecule has 6 aromatic rings. The second-order valence-electron chi connectivity index (χ2n) is 21.4. The number of aromatic amines is 4. The average molecular weight is 1070 g/mol. The highest BCUT2D eigenvalue weighted by molar-refractivity contribution is 5.99. The van der Waals surface area contributed by atoms with E-state index >= 15 is 0 Å². The second-order valence-corrected chi connectivity index (χ2v) is 21.4. The molecule has 4 aliphatic heterocycles. The molecule has 4 aliphatic rings. The van der Waals surface area contributed by atoms with Gasteiger partial charge in [0.2, 0.25) is 0 Å². The van der Waals surface area contributed by atoms with Crippen LogP contribution in [0.15, 0.2) is 66.7 Å². The van der Waals surface area contributed by atoms with Gasteiger partial charge in [0.25, 0.3) is 0 Å². The van der Waals surface area contributed by atoms with E-state index in [1.807, 2.05) is 77.9 Å². The number of hydrogen-bond acceptors (Lipinski definition) is 8. The molecule has 1 atom stereocenters. The van der Waals surface area contributed by atoms with Crippen molar-refractivity contribution >= 4 is 119 Å². The van der Waals surface area contributed by atoms with E-state index in [0.29, 0.717) is 45.6 Å². The summed E-state index contributed by atoms with van der Waals surface area (Å²) in [5.74, 6) is -3.88. The summed E-state index contributed by atoms with van der Waals surface area (Å²) in [6, 6.07) is 20.1. The van der Waals surface area contributed by atoms with Crippen molar-refractivity contribution in [1.29, 1.82) is 0 Å². The Morgan fingerprint density at radius 2 is 0.750 bits per heavy atom. The van der Waals surface area contributed by atoms with Crippen LogP contribution in [0.2, 0.25) is 0 Å². The van der Waals surface area contributed by atoms with Crippen LogP contribution in [0, 0.1) is 27.7 Å². The lowest BCUT2D eigenvalue weighted by Gasteiger charge is -2.08. The molecule has 0 aliphatic carbocycles. The fourth-order valence-electron chi connectivity index (χ4n) is 11.5. The highest BCUT2D eigenvalue weighted by Crippen LogP contribution is 2.41. The number of aliphatic carboxylic acids is 4. The van der Waals surface area contributed by atoms with Gasteiger partial charge in [-0.3, -0.25) is 19.2 Å². The van der Waals surface area contributed by atoms with Crippen LogP contribution in [-0.4, -0.2) is 84.2 Å². The number of carboxylic acid groups (broad SMARTS) is 4. The van der Waals surface area contributed by atoms with Crippen molar-refractivity contribution in [2.45, 2.75) is 120 Å². The lowest BCUT2D eigenvalue weighted by molar-refractivity contribution is -0.137. The Labute approximate surface area is 461 Å². The Balaban J connectivity index is 1.17. The number of hydrogen-bond donors (Lipinski definition) is 8. The SMILES string of the molecule is CC1=C(CCC(=O)O)c2cc3nc(cc4[nH]c(cc5cc(C)c(cc1n2)[nH]5)c(C)c4/C=C/C(C)c1c(C)c2cc4cc(C)c(cc5nc(cc6nc(cc1[nH]2)C(C)=C6CCC(=O)O)C(CCC(=O)O)=C5C)[nH]4)C(C)=C3CCC(=O)O. The maximum Gasteiger partial charge on any atom is 0.303 e. The summed E-state index contributed by atoms with van der Waals surface area (Å²) in [6.07, 6.45) is 4.93. The zero-order chi connectivity index (χ0) is 57.0. The van der Waals surface area contributed by atoms with Crippen LogP contribution in [0.4, 0.5) is 0 Å². The molecule has 80 heavy (non-hydrogen) atoms.